The lowest BCUT2D eigenvalue weighted by Crippen LogP contribution is -3.00. The van der Waals surface area contributed by atoms with Crippen molar-refractivity contribution < 1.29 is 36.2 Å². The van der Waals surface area contributed by atoms with E-state index in [0.29, 0.717) is 6.42 Å². The number of rotatable bonds is 19. The van der Waals surface area contributed by atoms with Crippen LogP contribution in [0.1, 0.15) is 77.6 Å². The van der Waals surface area contributed by atoms with Crippen LogP contribution in [0.5, 0.6) is 0 Å². The minimum Gasteiger partial charge on any atom is -1.00 e. The second kappa shape index (κ2) is 20.1. The van der Waals surface area contributed by atoms with Crippen molar-refractivity contribution >= 4 is 14.7 Å². The quantitative estimate of drug-likeness (QED) is 0.231. The van der Waals surface area contributed by atoms with Crippen LogP contribution in [-0.4, -0.2) is 60.6 Å². The smallest absolute Gasteiger partial charge is 0.500 e. The van der Waals surface area contributed by atoms with E-state index in [-0.39, 0.29) is 18.3 Å². The SMILES string of the molecule is CCCCCCCCCCCC(=O)N(CC[NH3+])CCC[Si](OC)(OC)OC.[Cl-]. The van der Waals surface area contributed by atoms with Crippen LogP contribution in [-0.2, 0) is 18.1 Å². The molecule has 170 valence electrons. The van der Waals surface area contributed by atoms with E-state index < -0.39 is 8.80 Å². The second-order valence-electron chi connectivity index (χ2n) is 7.21. The molecule has 0 radical (unpaired) electrons. The van der Waals surface area contributed by atoms with E-state index in [1.165, 1.54) is 44.9 Å². The Kier molecular flexibility index (Phi) is 21.6. The maximum Gasteiger partial charge on any atom is 0.500 e. The molecule has 0 atom stereocenters. The first-order valence-corrected chi connectivity index (χ1v) is 12.7. The Morgan fingerprint density at radius 1 is 0.821 bits per heavy atom. The van der Waals surface area contributed by atoms with Crippen molar-refractivity contribution in [2.24, 2.45) is 0 Å². The molecule has 6 nitrogen and oxygen atoms in total. The van der Waals surface area contributed by atoms with Gasteiger partial charge in [-0.15, -0.1) is 0 Å². The maximum absolute atomic E-state index is 12.5. The van der Waals surface area contributed by atoms with Crippen molar-refractivity contribution in [1.82, 2.24) is 4.90 Å². The van der Waals surface area contributed by atoms with Gasteiger partial charge in [-0.3, -0.25) is 4.79 Å². The summed E-state index contributed by atoms with van der Waals surface area (Å²) in [6, 6.07) is 0.718. The zero-order valence-electron chi connectivity index (χ0n) is 18.8. The Hall–Kier alpha value is -0.183. The first-order chi connectivity index (χ1) is 13.1. The summed E-state index contributed by atoms with van der Waals surface area (Å²) in [5, 5.41) is 0. The van der Waals surface area contributed by atoms with E-state index in [4.69, 9.17) is 13.3 Å². The standard InChI is InChI=1S/C20H44N2O4Si.ClH/c1-5-6-7-8-9-10-11-12-13-15-20(23)22(18-16-21)17-14-19-27(24-2,25-3)26-4;/h5-19,21H2,1-4H3;1H. The van der Waals surface area contributed by atoms with Gasteiger partial charge in [0, 0.05) is 40.3 Å². The summed E-state index contributed by atoms with van der Waals surface area (Å²) in [6.45, 7) is 4.43. The van der Waals surface area contributed by atoms with Crippen molar-refractivity contribution in [3.05, 3.63) is 0 Å². The van der Waals surface area contributed by atoms with Gasteiger partial charge in [-0.05, 0) is 12.8 Å². The molecule has 0 spiro atoms. The highest BCUT2D eigenvalue weighted by atomic mass is 35.5. The lowest BCUT2D eigenvalue weighted by atomic mass is 10.1. The molecule has 0 aromatic carbocycles. The molecule has 0 heterocycles. The number of nitrogens with zero attached hydrogens (tertiary/aromatic N) is 1. The zero-order valence-corrected chi connectivity index (χ0v) is 20.5. The molecule has 0 saturated heterocycles. The van der Waals surface area contributed by atoms with Crippen molar-refractivity contribution in [2.45, 2.75) is 83.6 Å². The molecule has 0 bridgehead atoms. The zero-order chi connectivity index (χ0) is 20.4. The van der Waals surface area contributed by atoms with Crippen molar-refractivity contribution in [3.8, 4) is 0 Å². The van der Waals surface area contributed by atoms with E-state index >= 15 is 0 Å². The van der Waals surface area contributed by atoms with Gasteiger partial charge in [-0.2, -0.15) is 0 Å². The van der Waals surface area contributed by atoms with Gasteiger partial charge in [0.05, 0.1) is 13.1 Å². The van der Waals surface area contributed by atoms with Crippen LogP contribution in [0.3, 0.4) is 0 Å². The summed E-state index contributed by atoms with van der Waals surface area (Å²) in [4.78, 5) is 14.5. The first-order valence-electron chi connectivity index (χ1n) is 10.8. The van der Waals surface area contributed by atoms with Crippen molar-refractivity contribution in [3.63, 3.8) is 0 Å². The second-order valence-corrected chi connectivity index (χ2v) is 10.3. The molecule has 0 aliphatic heterocycles. The van der Waals surface area contributed by atoms with Gasteiger partial charge in [0.25, 0.3) is 0 Å². The summed E-state index contributed by atoms with van der Waals surface area (Å²) < 4.78 is 16.4. The monoisotopic (exact) mass is 440 g/mol. The molecule has 0 saturated carbocycles. The lowest BCUT2D eigenvalue weighted by molar-refractivity contribution is -0.368. The fourth-order valence-electron chi connectivity index (χ4n) is 3.34. The predicted octanol–water partition coefficient (Wildman–Crippen LogP) is 0.250. The lowest BCUT2D eigenvalue weighted by Gasteiger charge is -2.26. The largest absolute Gasteiger partial charge is 1.00 e. The van der Waals surface area contributed by atoms with Gasteiger partial charge in [0.15, 0.2) is 0 Å². The van der Waals surface area contributed by atoms with E-state index in [9.17, 15) is 4.79 Å². The number of amides is 1. The van der Waals surface area contributed by atoms with Crippen molar-refractivity contribution in [2.75, 3.05) is 41.0 Å². The molecular weight excluding hydrogens is 396 g/mol. The molecule has 0 aromatic rings. The minimum absolute atomic E-state index is 0. The number of hydrogen-bond donors (Lipinski definition) is 1. The third-order valence-electron chi connectivity index (χ3n) is 5.12. The molecule has 3 N–H and O–H groups in total. The van der Waals surface area contributed by atoms with Gasteiger partial charge < -0.3 is 36.3 Å². The number of carbonyl (C=O) groups excluding carboxylic acids is 1. The topological polar surface area (TPSA) is 75.6 Å². The third-order valence-corrected chi connectivity index (χ3v) is 7.95. The molecule has 0 fully saturated rings. The number of carbonyl (C=O) groups is 1. The Morgan fingerprint density at radius 3 is 1.79 bits per heavy atom. The number of quaternary nitrogens is 1. The van der Waals surface area contributed by atoms with Gasteiger partial charge >= 0.3 is 8.80 Å². The van der Waals surface area contributed by atoms with Crippen LogP contribution in [0.15, 0.2) is 0 Å². The fourth-order valence-corrected chi connectivity index (χ4v) is 5.04. The van der Waals surface area contributed by atoms with Crippen LogP contribution in [0.2, 0.25) is 6.04 Å². The highest BCUT2D eigenvalue weighted by Crippen LogP contribution is 2.16. The van der Waals surface area contributed by atoms with E-state index in [1.807, 2.05) is 4.90 Å². The van der Waals surface area contributed by atoms with Crippen LogP contribution >= 0.6 is 0 Å². The first kappa shape index (κ1) is 30.0. The Bertz CT molecular complexity index is 353. The number of hydrogen-bond acceptors (Lipinski definition) is 4. The van der Waals surface area contributed by atoms with Crippen LogP contribution in [0.4, 0.5) is 0 Å². The Balaban J connectivity index is 0. The normalized spacial score (nSPS) is 11.3. The highest BCUT2D eigenvalue weighted by molar-refractivity contribution is 6.60. The van der Waals surface area contributed by atoms with Crippen LogP contribution < -0.4 is 18.1 Å². The van der Waals surface area contributed by atoms with Gasteiger partial charge in [0.1, 0.15) is 0 Å². The summed E-state index contributed by atoms with van der Waals surface area (Å²) >= 11 is 0. The summed E-state index contributed by atoms with van der Waals surface area (Å²) in [5.41, 5.74) is 3.91. The van der Waals surface area contributed by atoms with Gasteiger partial charge in [-0.1, -0.05) is 58.3 Å². The predicted molar refractivity (Wildman–Crippen MR) is 112 cm³/mol. The summed E-state index contributed by atoms with van der Waals surface area (Å²) in [6.07, 6.45) is 12.9. The van der Waals surface area contributed by atoms with Gasteiger partial charge in [-0.25, -0.2) is 0 Å². The molecule has 0 unspecified atom stereocenters. The van der Waals surface area contributed by atoms with E-state index in [0.717, 1.165) is 44.9 Å². The number of halogens is 1. The Labute approximate surface area is 180 Å². The summed E-state index contributed by atoms with van der Waals surface area (Å²) in [5.74, 6) is 0.251. The summed E-state index contributed by atoms with van der Waals surface area (Å²) in [7, 11) is 2.33. The average molecular weight is 441 g/mol. The Morgan fingerprint density at radius 2 is 1.32 bits per heavy atom. The molecule has 0 aliphatic rings. The van der Waals surface area contributed by atoms with Gasteiger partial charge in [0.2, 0.25) is 5.91 Å². The number of unbranched alkanes of at least 4 members (excludes halogenated alkanes) is 8. The maximum atomic E-state index is 12.5. The molecule has 0 rings (SSSR count). The average Bonchev–Trinajstić information content (AvgIpc) is 2.69. The minimum atomic E-state index is -2.55. The van der Waals surface area contributed by atoms with E-state index in [2.05, 4.69) is 12.7 Å². The highest BCUT2D eigenvalue weighted by Gasteiger charge is 2.37. The molecule has 1 amide bonds. The van der Waals surface area contributed by atoms with E-state index in [1.54, 1.807) is 21.3 Å². The van der Waals surface area contributed by atoms with Crippen molar-refractivity contribution in [1.29, 1.82) is 0 Å². The third kappa shape index (κ3) is 13.9. The molecule has 28 heavy (non-hydrogen) atoms. The fraction of sp³-hybridized carbons (Fsp3) is 0.950. The van der Waals surface area contributed by atoms with Crippen LogP contribution in [0.25, 0.3) is 0 Å². The molecule has 0 aliphatic carbocycles. The molecule has 8 heteroatoms. The van der Waals surface area contributed by atoms with Crippen LogP contribution in [0, 0.1) is 0 Å². The molecule has 0 aromatic heterocycles. The molecular formula is C20H45ClN2O4Si.